The van der Waals surface area contributed by atoms with Crippen molar-refractivity contribution >= 4 is 17.7 Å². The summed E-state index contributed by atoms with van der Waals surface area (Å²) in [7, 11) is 0. The second kappa shape index (κ2) is 9.63. The molecule has 2 rings (SSSR count). The molecule has 1 heterocycles. The molecular formula is C19H27N3O2S. The molecule has 0 unspecified atom stereocenters. The predicted octanol–water partition coefficient (Wildman–Crippen LogP) is 3.51. The van der Waals surface area contributed by atoms with Crippen LogP contribution in [0.3, 0.4) is 0 Å². The zero-order valence-corrected chi connectivity index (χ0v) is 16.2. The van der Waals surface area contributed by atoms with Gasteiger partial charge in [0.25, 0.3) is 0 Å². The Hall–Kier alpha value is -1.79. The summed E-state index contributed by atoms with van der Waals surface area (Å²) in [4.78, 5) is 16.4. The van der Waals surface area contributed by atoms with Crippen LogP contribution in [0.15, 0.2) is 35.7 Å². The number of nitrogens with one attached hydrogen (secondary N) is 1. The van der Waals surface area contributed by atoms with Crippen LogP contribution >= 0.6 is 11.8 Å². The molecule has 0 bridgehead atoms. The van der Waals surface area contributed by atoms with E-state index in [1.165, 1.54) is 22.9 Å². The lowest BCUT2D eigenvalue weighted by Gasteiger charge is -2.11. The van der Waals surface area contributed by atoms with E-state index >= 15 is 0 Å². The molecule has 0 spiro atoms. The van der Waals surface area contributed by atoms with Crippen molar-refractivity contribution in [2.24, 2.45) is 0 Å². The molecular weight excluding hydrogens is 334 g/mol. The Kier molecular flexibility index (Phi) is 7.52. The standard InChI is InChI=1S/C19H27N3O2S/c1-14(2)24-11-5-8-20-18(23)13-25-19-21-9-10-22(19)17-7-6-15(3)12-16(17)4/h6-7,9-10,12,14H,5,8,11,13H2,1-4H3,(H,20,23). The molecule has 1 aromatic carbocycles. The molecule has 0 aliphatic heterocycles. The molecule has 0 fully saturated rings. The Balaban J connectivity index is 1.84. The number of nitrogens with zero attached hydrogens (tertiary/aromatic N) is 2. The van der Waals surface area contributed by atoms with Gasteiger partial charge in [-0.05, 0) is 45.7 Å². The lowest BCUT2D eigenvalue weighted by atomic mass is 10.1. The lowest BCUT2D eigenvalue weighted by Crippen LogP contribution is -2.27. The zero-order chi connectivity index (χ0) is 18.2. The summed E-state index contributed by atoms with van der Waals surface area (Å²) in [5.74, 6) is 0.372. The second-order valence-electron chi connectivity index (χ2n) is 6.28. The number of hydrogen-bond acceptors (Lipinski definition) is 4. The third-order valence-corrected chi connectivity index (χ3v) is 4.61. The summed E-state index contributed by atoms with van der Waals surface area (Å²) in [6.07, 6.45) is 4.76. The van der Waals surface area contributed by atoms with Crippen LogP contribution in [-0.2, 0) is 9.53 Å². The van der Waals surface area contributed by atoms with Crippen LogP contribution < -0.4 is 5.32 Å². The first-order valence-corrected chi connectivity index (χ1v) is 9.58. The van der Waals surface area contributed by atoms with E-state index in [4.69, 9.17) is 4.74 Å². The highest BCUT2D eigenvalue weighted by atomic mass is 32.2. The minimum absolute atomic E-state index is 0.0183. The summed E-state index contributed by atoms with van der Waals surface area (Å²) in [6.45, 7) is 9.49. The van der Waals surface area contributed by atoms with Gasteiger partial charge in [0.15, 0.2) is 5.16 Å². The quantitative estimate of drug-likeness (QED) is 0.548. The molecule has 1 N–H and O–H groups in total. The van der Waals surface area contributed by atoms with Crippen LogP contribution in [0.1, 0.15) is 31.4 Å². The second-order valence-corrected chi connectivity index (χ2v) is 7.22. The zero-order valence-electron chi connectivity index (χ0n) is 15.4. The smallest absolute Gasteiger partial charge is 0.230 e. The number of rotatable bonds is 9. The van der Waals surface area contributed by atoms with E-state index in [2.05, 4.69) is 42.3 Å². The number of aryl methyl sites for hydroxylation is 2. The van der Waals surface area contributed by atoms with Crippen LogP contribution in [0.25, 0.3) is 5.69 Å². The van der Waals surface area contributed by atoms with Crippen LogP contribution in [0.2, 0.25) is 0 Å². The minimum atomic E-state index is 0.0183. The molecule has 0 saturated heterocycles. The normalized spacial score (nSPS) is 11.1. The van der Waals surface area contributed by atoms with Gasteiger partial charge in [0.1, 0.15) is 0 Å². The number of aromatic nitrogens is 2. The molecule has 0 aliphatic rings. The average molecular weight is 362 g/mol. The Bertz CT molecular complexity index is 698. The fraction of sp³-hybridized carbons (Fsp3) is 0.474. The predicted molar refractivity (Wildman–Crippen MR) is 102 cm³/mol. The number of imidazole rings is 1. The molecule has 0 saturated carbocycles. The monoisotopic (exact) mass is 361 g/mol. The lowest BCUT2D eigenvalue weighted by molar-refractivity contribution is -0.118. The summed E-state index contributed by atoms with van der Waals surface area (Å²) in [5.41, 5.74) is 3.52. The summed E-state index contributed by atoms with van der Waals surface area (Å²) < 4.78 is 7.49. The first-order valence-electron chi connectivity index (χ1n) is 8.59. The first kappa shape index (κ1) is 19.5. The largest absolute Gasteiger partial charge is 0.379 e. The summed E-state index contributed by atoms with van der Waals surface area (Å²) in [5, 5.41) is 3.74. The van der Waals surface area contributed by atoms with Crippen molar-refractivity contribution in [2.75, 3.05) is 18.9 Å². The van der Waals surface area contributed by atoms with Gasteiger partial charge in [0.05, 0.1) is 17.5 Å². The van der Waals surface area contributed by atoms with E-state index in [0.717, 1.165) is 17.3 Å². The number of amides is 1. The van der Waals surface area contributed by atoms with E-state index < -0.39 is 0 Å². The van der Waals surface area contributed by atoms with E-state index in [1.807, 2.05) is 24.6 Å². The fourth-order valence-electron chi connectivity index (χ4n) is 2.46. The highest BCUT2D eigenvalue weighted by Gasteiger charge is 2.10. The third kappa shape index (κ3) is 6.21. The van der Waals surface area contributed by atoms with Gasteiger partial charge in [-0.15, -0.1) is 0 Å². The van der Waals surface area contributed by atoms with Gasteiger partial charge in [0, 0.05) is 25.5 Å². The third-order valence-electron chi connectivity index (χ3n) is 3.65. The highest BCUT2D eigenvalue weighted by Crippen LogP contribution is 2.23. The van der Waals surface area contributed by atoms with E-state index in [1.54, 1.807) is 6.20 Å². The maximum atomic E-state index is 12.0. The van der Waals surface area contributed by atoms with Crippen molar-refractivity contribution in [2.45, 2.75) is 45.4 Å². The maximum absolute atomic E-state index is 12.0. The van der Waals surface area contributed by atoms with Crippen LogP contribution in [0.5, 0.6) is 0 Å². The van der Waals surface area contributed by atoms with E-state index in [9.17, 15) is 4.79 Å². The molecule has 1 amide bonds. The van der Waals surface area contributed by atoms with E-state index in [-0.39, 0.29) is 12.0 Å². The van der Waals surface area contributed by atoms with Crippen molar-refractivity contribution < 1.29 is 9.53 Å². The number of thioether (sulfide) groups is 1. The van der Waals surface area contributed by atoms with Gasteiger partial charge < -0.3 is 10.1 Å². The van der Waals surface area contributed by atoms with Gasteiger partial charge in [-0.1, -0.05) is 29.5 Å². The van der Waals surface area contributed by atoms with Gasteiger partial charge in [0.2, 0.25) is 5.91 Å². The van der Waals surface area contributed by atoms with Crippen molar-refractivity contribution in [3.63, 3.8) is 0 Å². The molecule has 0 atom stereocenters. The number of benzene rings is 1. The van der Waals surface area contributed by atoms with Gasteiger partial charge >= 0.3 is 0 Å². The van der Waals surface area contributed by atoms with E-state index in [0.29, 0.717) is 18.9 Å². The van der Waals surface area contributed by atoms with Gasteiger partial charge in [-0.3, -0.25) is 9.36 Å². The number of ether oxygens (including phenoxy) is 1. The molecule has 2 aromatic rings. The molecule has 0 radical (unpaired) electrons. The Morgan fingerprint density at radius 1 is 1.36 bits per heavy atom. The topological polar surface area (TPSA) is 56.2 Å². The van der Waals surface area contributed by atoms with Crippen LogP contribution in [0, 0.1) is 13.8 Å². The Labute approximate surface area is 154 Å². The number of carbonyl (C=O) groups is 1. The number of carbonyl (C=O) groups excluding carboxylic acids is 1. The first-order chi connectivity index (χ1) is 12.0. The molecule has 5 nitrogen and oxygen atoms in total. The van der Waals surface area contributed by atoms with Gasteiger partial charge in [-0.25, -0.2) is 4.98 Å². The molecule has 136 valence electrons. The molecule has 25 heavy (non-hydrogen) atoms. The SMILES string of the molecule is Cc1ccc(-n2ccnc2SCC(=O)NCCCOC(C)C)c(C)c1. The summed E-state index contributed by atoms with van der Waals surface area (Å²) >= 11 is 1.45. The molecule has 0 aliphatic carbocycles. The van der Waals surface area contributed by atoms with Crippen molar-refractivity contribution in [3.8, 4) is 5.69 Å². The maximum Gasteiger partial charge on any atom is 0.230 e. The van der Waals surface area contributed by atoms with Crippen LogP contribution in [0.4, 0.5) is 0 Å². The molecule has 6 heteroatoms. The average Bonchev–Trinajstić information content (AvgIpc) is 3.00. The minimum Gasteiger partial charge on any atom is -0.379 e. The fourth-order valence-corrected chi connectivity index (χ4v) is 3.25. The van der Waals surface area contributed by atoms with Crippen molar-refractivity contribution in [1.29, 1.82) is 0 Å². The Morgan fingerprint density at radius 2 is 2.16 bits per heavy atom. The molecule has 1 aromatic heterocycles. The Morgan fingerprint density at radius 3 is 2.88 bits per heavy atom. The summed E-state index contributed by atoms with van der Waals surface area (Å²) in [6, 6.07) is 6.32. The number of hydrogen-bond donors (Lipinski definition) is 1. The van der Waals surface area contributed by atoms with Crippen molar-refractivity contribution in [1.82, 2.24) is 14.9 Å². The van der Waals surface area contributed by atoms with Gasteiger partial charge in [-0.2, -0.15) is 0 Å². The highest BCUT2D eigenvalue weighted by molar-refractivity contribution is 7.99. The van der Waals surface area contributed by atoms with Crippen molar-refractivity contribution in [3.05, 3.63) is 41.7 Å². The van der Waals surface area contributed by atoms with Crippen LogP contribution in [-0.4, -0.2) is 40.5 Å².